The molecule has 0 saturated carbocycles. The summed E-state index contributed by atoms with van der Waals surface area (Å²) in [5.74, 6) is 0.834. The molecule has 19 heavy (non-hydrogen) atoms. The van der Waals surface area contributed by atoms with Gasteiger partial charge in [0.1, 0.15) is 5.82 Å². The third-order valence-corrected chi connectivity index (χ3v) is 2.47. The lowest BCUT2D eigenvalue weighted by Crippen LogP contribution is -2.04. The van der Waals surface area contributed by atoms with Gasteiger partial charge in [0.2, 0.25) is 5.82 Å². The summed E-state index contributed by atoms with van der Waals surface area (Å²) in [5, 5.41) is 17.0. The zero-order chi connectivity index (χ0) is 13.7. The molecule has 0 saturated heterocycles. The second kappa shape index (κ2) is 5.81. The highest BCUT2D eigenvalue weighted by Crippen LogP contribution is 2.26. The smallest absolute Gasteiger partial charge is 0.311 e. The molecule has 98 valence electrons. The highest BCUT2D eigenvalue weighted by molar-refractivity contribution is 5.67. The van der Waals surface area contributed by atoms with Crippen LogP contribution >= 0.6 is 0 Å². The zero-order valence-corrected chi connectivity index (χ0v) is 10.5. The van der Waals surface area contributed by atoms with E-state index in [0.717, 1.165) is 5.69 Å². The quantitative estimate of drug-likeness (QED) is 0.636. The summed E-state index contributed by atoms with van der Waals surface area (Å²) in [6.45, 7) is 2.64. The fourth-order valence-corrected chi connectivity index (χ4v) is 1.63. The van der Waals surface area contributed by atoms with Gasteiger partial charge in [0.15, 0.2) is 0 Å². The lowest BCUT2D eigenvalue weighted by Gasteiger charge is -2.08. The first kappa shape index (κ1) is 12.8. The molecule has 0 amide bonds. The first-order valence-corrected chi connectivity index (χ1v) is 5.92. The van der Waals surface area contributed by atoms with Gasteiger partial charge in [-0.3, -0.25) is 10.1 Å². The molecule has 0 aliphatic carbocycles. The standard InChI is InChI=1S/C13H14N4O2/c1-2-14-12-9-8-11(17(18)19)13(16-12)15-10-6-4-3-5-7-10/h3-9H,2H2,1H3,(H2,14,15,16). The van der Waals surface area contributed by atoms with E-state index in [1.54, 1.807) is 6.07 Å². The first-order valence-electron chi connectivity index (χ1n) is 5.92. The van der Waals surface area contributed by atoms with E-state index < -0.39 is 4.92 Å². The van der Waals surface area contributed by atoms with Crippen molar-refractivity contribution in [3.63, 3.8) is 0 Å². The van der Waals surface area contributed by atoms with E-state index in [4.69, 9.17) is 0 Å². The Kier molecular flexibility index (Phi) is 3.92. The van der Waals surface area contributed by atoms with E-state index in [1.165, 1.54) is 6.07 Å². The fraction of sp³-hybridized carbons (Fsp3) is 0.154. The van der Waals surface area contributed by atoms with Crippen molar-refractivity contribution in [2.45, 2.75) is 6.92 Å². The minimum atomic E-state index is -0.450. The molecule has 1 aromatic carbocycles. The number of aromatic nitrogens is 1. The minimum absolute atomic E-state index is 0.0505. The van der Waals surface area contributed by atoms with Gasteiger partial charge in [0, 0.05) is 18.3 Å². The average Bonchev–Trinajstić information content (AvgIpc) is 2.40. The van der Waals surface area contributed by atoms with Crippen LogP contribution in [0.2, 0.25) is 0 Å². The Labute approximate surface area is 110 Å². The van der Waals surface area contributed by atoms with E-state index in [1.807, 2.05) is 37.3 Å². The van der Waals surface area contributed by atoms with Crippen LogP contribution in [0.15, 0.2) is 42.5 Å². The zero-order valence-electron chi connectivity index (χ0n) is 10.5. The monoisotopic (exact) mass is 258 g/mol. The molecule has 0 unspecified atom stereocenters. The van der Waals surface area contributed by atoms with Gasteiger partial charge in [0.25, 0.3) is 0 Å². The van der Waals surface area contributed by atoms with Crippen LogP contribution < -0.4 is 10.6 Å². The van der Waals surface area contributed by atoms with Crippen LogP contribution in [0, 0.1) is 10.1 Å². The Morgan fingerprint density at radius 2 is 1.95 bits per heavy atom. The van der Waals surface area contributed by atoms with Crippen molar-refractivity contribution in [2.75, 3.05) is 17.2 Å². The number of rotatable bonds is 5. The molecule has 6 nitrogen and oxygen atoms in total. The Morgan fingerprint density at radius 1 is 1.21 bits per heavy atom. The van der Waals surface area contributed by atoms with E-state index in [9.17, 15) is 10.1 Å². The van der Waals surface area contributed by atoms with Gasteiger partial charge >= 0.3 is 5.69 Å². The van der Waals surface area contributed by atoms with Crippen molar-refractivity contribution >= 4 is 23.0 Å². The molecule has 0 aliphatic heterocycles. The maximum atomic E-state index is 11.0. The summed E-state index contributed by atoms with van der Waals surface area (Å²) in [5.41, 5.74) is 0.706. The molecule has 1 heterocycles. The van der Waals surface area contributed by atoms with Crippen molar-refractivity contribution < 1.29 is 4.92 Å². The van der Waals surface area contributed by atoms with Crippen molar-refractivity contribution in [3.8, 4) is 0 Å². The maximum Gasteiger partial charge on any atom is 0.311 e. The predicted octanol–water partition coefficient (Wildman–Crippen LogP) is 3.17. The summed E-state index contributed by atoms with van der Waals surface area (Å²) < 4.78 is 0. The highest BCUT2D eigenvalue weighted by atomic mass is 16.6. The van der Waals surface area contributed by atoms with E-state index in [-0.39, 0.29) is 11.5 Å². The van der Waals surface area contributed by atoms with Crippen LogP contribution in [-0.2, 0) is 0 Å². The molecule has 0 radical (unpaired) electrons. The van der Waals surface area contributed by atoms with E-state index in [2.05, 4.69) is 15.6 Å². The van der Waals surface area contributed by atoms with Gasteiger partial charge in [-0.25, -0.2) is 4.98 Å². The Morgan fingerprint density at radius 3 is 2.58 bits per heavy atom. The molecule has 0 aliphatic rings. The van der Waals surface area contributed by atoms with Gasteiger partial charge < -0.3 is 10.6 Å². The molecule has 1 aromatic heterocycles. The molecule has 0 fully saturated rings. The summed E-state index contributed by atoms with van der Waals surface area (Å²) in [7, 11) is 0. The number of hydrogen-bond acceptors (Lipinski definition) is 5. The molecule has 2 aromatic rings. The number of para-hydroxylation sites is 1. The summed E-state index contributed by atoms with van der Waals surface area (Å²) >= 11 is 0. The van der Waals surface area contributed by atoms with Crippen LogP contribution in [-0.4, -0.2) is 16.5 Å². The van der Waals surface area contributed by atoms with Crippen molar-refractivity contribution in [3.05, 3.63) is 52.6 Å². The molecule has 0 spiro atoms. The lowest BCUT2D eigenvalue weighted by atomic mass is 10.3. The van der Waals surface area contributed by atoms with Gasteiger partial charge in [-0.15, -0.1) is 0 Å². The topological polar surface area (TPSA) is 80.1 Å². The predicted molar refractivity (Wildman–Crippen MR) is 74.8 cm³/mol. The summed E-state index contributed by atoms with van der Waals surface area (Å²) in [6, 6.07) is 12.3. The molecule has 2 rings (SSSR count). The normalized spacial score (nSPS) is 9.95. The van der Waals surface area contributed by atoms with Crippen LogP contribution in [0.1, 0.15) is 6.92 Å². The molecule has 2 N–H and O–H groups in total. The highest BCUT2D eigenvalue weighted by Gasteiger charge is 2.16. The van der Waals surface area contributed by atoms with Crippen molar-refractivity contribution in [2.24, 2.45) is 0 Å². The Hall–Kier alpha value is -2.63. The summed E-state index contributed by atoms with van der Waals surface area (Å²) in [6.07, 6.45) is 0. The van der Waals surface area contributed by atoms with E-state index >= 15 is 0 Å². The van der Waals surface area contributed by atoms with Crippen LogP contribution in [0.4, 0.5) is 23.0 Å². The van der Waals surface area contributed by atoms with Gasteiger partial charge in [-0.2, -0.15) is 0 Å². The Bertz CT molecular complexity index is 572. The number of anilines is 3. The second-order valence-corrected chi connectivity index (χ2v) is 3.84. The van der Waals surface area contributed by atoms with Gasteiger partial charge in [0.05, 0.1) is 4.92 Å². The SMILES string of the molecule is CCNc1ccc([N+](=O)[O-])c(Nc2ccccc2)n1. The van der Waals surface area contributed by atoms with Crippen LogP contribution in [0.3, 0.4) is 0 Å². The number of nitrogens with zero attached hydrogens (tertiary/aromatic N) is 2. The Balaban J connectivity index is 2.35. The van der Waals surface area contributed by atoms with Crippen LogP contribution in [0.5, 0.6) is 0 Å². The number of benzene rings is 1. The lowest BCUT2D eigenvalue weighted by molar-refractivity contribution is -0.384. The second-order valence-electron chi connectivity index (χ2n) is 3.84. The molecular formula is C13H14N4O2. The maximum absolute atomic E-state index is 11.0. The minimum Gasteiger partial charge on any atom is -0.370 e. The van der Waals surface area contributed by atoms with Crippen molar-refractivity contribution in [1.82, 2.24) is 4.98 Å². The van der Waals surface area contributed by atoms with Gasteiger partial charge in [-0.05, 0) is 25.1 Å². The number of hydrogen-bond donors (Lipinski definition) is 2. The number of nitrogens with one attached hydrogen (secondary N) is 2. The van der Waals surface area contributed by atoms with Crippen LogP contribution in [0.25, 0.3) is 0 Å². The third kappa shape index (κ3) is 3.19. The fourth-order valence-electron chi connectivity index (χ4n) is 1.63. The average molecular weight is 258 g/mol. The number of pyridine rings is 1. The van der Waals surface area contributed by atoms with Crippen molar-refractivity contribution in [1.29, 1.82) is 0 Å². The van der Waals surface area contributed by atoms with Gasteiger partial charge in [-0.1, -0.05) is 18.2 Å². The summed E-state index contributed by atoms with van der Waals surface area (Å²) in [4.78, 5) is 14.8. The first-order chi connectivity index (χ1) is 9.20. The molecular weight excluding hydrogens is 244 g/mol. The number of nitro groups is 1. The van der Waals surface area contributed by atoms with E-state index in [0.29, 0.717) is 12.4 Å². The molecule has 6 heteroatoms. The third-order valence-electron chi connectivity index (χ3n) is 2.47. The molecule has 0 atom stereocenters. The molecule has 0 bridgehead atoms. The largest absolute Gasteiger partial charge is 0.370 e.